The van der Waals surface area contributed by atoms with Crippen LogP contribution in [0.1, 0.15) is 11.1 Å². The molecule has 0 N–H and O–H groups in total. The Hall–Kier alpha value is -2.95. The van der Waals surface area contributed by atoms with E-state index in [1.165, 1.54) is 0 Å². The summed E-state index contributed by atoms with van der Waals surface area (Å²) in [6.07, 6.45) is 6.90. The van der Waals surface area contributed by atoms with Gasteiger partial charge in [0.2, 0.25) is 0 Å². The summed E-state index contributed by atoms with van der Waals surface area (Å²) >= 11 is 0. The lowest BCUT2D eigenvalue weighted by Gasteiger charge is -2.12. The molecular formula is C17H14N4O. The summed E-state index contributed by atoms with van der Waals surface area (Å²) in [6.45, 7) is 2.49. The Balaban J connectivity index is 2.02. The van der Waals surface area contributed by atoms with Crippen molar-refractivity contribution in [2.75, 3.05) is 0 Å². The normalized spacial score (nSPS) is 11.3. The molecule has 0 fully saturated rings. The minimum Gasteiger partial charge on any atom is -0.300 e. The van der Waals surface area contributed by atoms with Crippen LogP contribution in [0.3, 0.4) is 0 Å². The van der Waals surface area contributed by atoms with Gasteiger partial charge >= 0.3 is 0 Å². The molecule has 0 radical (unpaired) electrons. The fourth-order valence-electron chi connectivity index (χ4n) is 2.83. The van der Waals surface area contributed by atoms with Crippen LogP contribution in [0.15, 0.2) is 60.0 Å². The molecule has 0 aliphatic carbocycles. The van der Waals surface area contributed by atoms with E-state index in [0.717, 1.165) is 22.2 Å². The zero-order valence-electron chi connectivity index (χ0n) is 12.1. The molecule has 5 heteroatoms. The molecule has 4 rings (SSSR count). The summed E-state index contributed by atoms with van der Waals surface area (Å²) in [6, 6.07) is 9.91. The second kappa shape index (κ2) is 4.80. The maximum atomic E-state index is 12.8. The number of hydrogen-bond donors (Lipinski definition) is 0. The molecule has 0 saturated carbocycles. The van der Waals surface area contributed by atoms with E-state index < -0.39 is 0 Å². The summed E-state index contributed by atoms with van der Waals surface area (Å²) in [7, 11) is 0. The average Bonchev–Trinajstić information content (AvgIpc) is 3.01. The molecule has 5 nitrogen and oxygen atoms in total. The number of hydrogen-bond acceptors (Lipinski definition) is 3. The van der Waals surface area contributed by atoms with Crippen molar-refractivity contribution in [3.8, 4) is 0 Å². The number of imidazole rings is 1. The van der Waals surface area contributed by atoms with E-state index in [4.69, 9.17) is 0 Å². The Morgan fingerprint density at radius 3 is 2.64 bits per heavy atom. The van der Waals surface area contributed by atoms with Crippen molar-refractivity contribution in [2.24, 2.45) is 0 Å². The molecule has 108 valence electrons. The second-order valence-electron chi connectivity index (χ2n) is 5.40. The number of rotatable bonds is 2. The molecule has 3 heterocycles. The molecule has 0 amide bonds. The summed E-state index contributed by atoms with van der Waals surface area (Å²) in [5.41, 5.74) is 4.49. The predicted molar refractivity (Wildman–Crippen MR) is 85.0 cm³/mol. The summed E-state index contributed by atoms with van der Waals surface area (Å²) in [5, 5.41) is 0. The number of benzene rings is 1. The van der Waals surface area contributed by atoms with Crippen molar-refractivity contribution in [3.63, 3.8) is 0 Å². The highest BCUT2D eigenvalue weighted by Gasteiger charge is 2.11. The lowest BCUT2D eigenvalue weighted by Crippen LogP contribution is -2.23. The van der Waals surface area contributed by atoms with Crippen LogP contribution in [-0.2, 0) is 6.54 Å². The van der Waals surface area contributed by atoms with Gasteiger partial charge in [0.25, 0.3) is 5.56 Å². The summed E-state index contributed by atoms with van der Waals surface area (Å²) in [5.74, 6) is 0. The molecule has 0 spiro atoms. The van der Waals surface area contributed by atoms with Crippen molar-refractivity contribution < 1.29 is 0 Å². The molecule has 3 aromatic heterocycles. The van der Waals surface area contributed by atoms with Gasteiger partial charge in [0.15, 0.2) is 0 Å². The van der Waals surface area contributed by atoms with Crippen molar-refractivity contribution in [3.05, 3.63) is 76.7 Å². The third kappa shape index (κ3) is 1.90. The fourth-order valence-corrected chi connectivity index (χ4v) is 2.83. The first-order valence-corrected chi connectivity index (χ1v) is 7.08. The van der Waals surface area contributed by atoms with Gasteiger partial charge in [-0.05, 0) is 30.2 Å². The summed E-state index contributed by atoms with van der Waals surface area (Å²) in [4.78, 5) is 21.1. The number of aryl methyl sites for hydroxylation is 1. The van der Waals surface area contributed by atoms with Crippen LogP contribution < -0.4 is 5.56 Å². The highest BCUT2D eigenvalue weighted by molar-refractivity contribution is 5.78. The molecule has 22 heavy (non-hydrogen) atoms. The van der Waals surface area contributed by atoms with E-state index in [1.54, 1.807) is 23.3 Å². The minimum absolute atomic E-state index is 0.0438. The average molecular weight is 290 g/mol. The highest BCUT2D eigenvalue weighted by Crippen LogP contribution is 2.15. The van der Waals surface area contributed by atoms with Gasteiger partial charge in [0, 0.05) is 12.4 Å². The van der Waals surface area contributed by atoms with E-state index in [9.17, 15) is 4.79 Å². The molecule has 4 aromatic rings. The maximum Gasteiger partial charge on any atom is 0.277 e. The fraction of sp³-hybridized carbons (Fsp3) is 0.118. The maximum absolute atomic E-state index is 12.8. The quantitative estimate of drug-likeness (QED) is 0.569. The SMILES string of the molecule is Cc1cncc(Cn2c(=O)c3cncn3c3ccccc32)c1. The van der Waals surface area contributed by atoms with Gasteiger partial charge in [-0.2, -0.15) is 0 Å². The Morgan fingerprint density at radius 2 is 1.82 bits per heavy atom. The zero-order valence-corrected chi connectivity index (χ0v) is 12.1. The first-order valence-electron chi connectivity index (χ1n) is 7.08. The van der Waals surface area contributed by atoms with Gasteiger partial charge in [-0.15, -0.1) is 0 Å². The standard InChI is InChI=1S/C17H14N4O/c1-12-6-13(8-18-7-12)10-20-14-4-2-3-5-15(14)21-11-19-9-16(21)17(20)22/h2-9,11H,10H2,1H3. The second-order valence-corrected chi connectivity index (χ2v) is 5.40. The molecular weight excluding hydrogens is 276 g/mol. The molecule has 0 bridgehead atoms. The van der Waals surface area contributed by atoms with Gasteiger partial charge < -0.3 is 4.57 Å². The lowest BCUT2D eigenvalue weighted by atomic mass is 10.2. The van der Waals surface area contributed by atoms with Crippen LogP contribution in [0.25, 0.3) is 16.6 Å². The van der Waals surface area contributed by atoms with Gasteiger partial charge in [-0.3, -0.25) is 14.2 Å². The number of pyridine rings is 1. The lowest BCUT2D eigenvalue weighted by molar-refractivity contribution is 0.788. The Morgan fingerprint density at radius 1 is 1.00 bits per heavy atom. The van der Waals surface area contributed by atoms with Crippen LogP contribution in [-0.4, -0.2) is 18.9 Å². The topological polar surface area (TPSA) is 52.2 Å². The van der Waals surface area contributed by atoms with Crippen molar-refractivity contribution in [1.29, 1.82) is 0 Å². The number of fused-ring (bicyclic) bond motifs is 3. The highest BCUT2D eigenvalue weighted by atomic mass is 16.1. The van der Waals surface area contributed by atoms with Crippen molar-refractivity contribution in [2.45, 2.75) is 13.5 Å². The Bertz CT molecular complexity index is 1050. The Labute approximate surface area is 126 Å². The van der Waals surface area contributed by atoms with Crippen molar-refractivity contribution in [1.82, 2.24) is 18.9 Å². The number of aromatic nitrogens is 4. The van der Waals surface area contributed by atoms with E-state index in [-0.39, 0.29) is 5.56 Å². The first kappa shape index (κ1) is 12.8. The smallest absolute Gasteiger partial charge is 0.277 e. The molecule has 0 aliphatic rings. The van der Waals surface area contributed by atoms with Crippen LogP contribution >= 0.6 is 0 Å². The predicted octanol–water partition coefficient (Wildman–Crippen LogP) is 2.40. The molecule has 1 aromatic carbocycles. The Kier molecular flexibility index (Phi) is 2.79. The molecule has 0 saturated heterocycles. The first-order chi connectivity index (χ1) is 10.7. The zero-order chi connectivity index (χ0) is 15.1. The number of nitrogens with zero attached hydrogens (tertiary/aromatic N) is 4. The number of para-hydroxylation sites is 2. The van der Waals surface area contributed by atoms with Gasteiger partial charge in [-0.1, -0.05) is 18.2 Å². The molecule has 0 aliphatic heterocycles. The van der Waals surface area contributed by atoms with Crippen LogP contribution in [0, 0.1) is 6.92 Å². The molecule has 0 atom stereocenters. The van der Waals surface area contributed by atoms with Crippen LogP contribution in [0.5, 0.6) is 0 Å². The van der Waals surface area contributed by atoms with E-state index in [1.807, 2.05) is 41.8 Å². The van der Waals surface area contributed by atoms with Gasteiger partial charge in [0.1, 0.15) is 5.52 Å². The summed E-state index contributed by atoms with van der Waals surface area (Å²) < 4.78 is 3.62. The van der Waals surface area contributed by atoms with E-state index in [2.05, 4.69) is 16.0 Å². The largest absolute Gasteiger partial charge is 0.300 e. The van der Waals surface area contributed by atoms with E-state index in [0.29, 0.717) is 12.1 Å². The van der Waals surface area contributed by atoms with Gasteiger partial charge in [0.05, 0.1) is 30.1 Å². The van der Waals surface area contributed by atoms with Crippen LogP contribution in [0.4, 0.5) is 0 Å². The van der Waals surface area contributed by atoms with Gasteiger partial charge in [-0.25, -0.2) is 4.98 Å². The van der Waals surface area contributed by atoms with Crippen LogP contribution in [0.2, 0.25) is 0 Å². The third-order valence-corrected chi connectivity index (χ3v) is 3.81. The van der Waals surface area contributed by atoms with Crippen molar-refractivity contribution >= 4 is 16.6 Å². The monoisotopic (exact) mass is 290 g/mol. The van der Waals surface area contributed by atoms with E-state index >= 15 is 0 Å². The minimum atomic E-state index is -0.0438. The molecule has 0 unspecified atom stereocenters. The third-order valence-electron chi connectivity index (χ3n) is 3.81.